The van der Waals surface area contributed by atoms with Crippen LogP contribution in [-0.2, 0) is 4.74 Å². The first-order valence-corrected chi connectivity index (χ1v) is 6.13. The number of aromatic nitrogens is 2. The van der Waals surface area contributed by atoms with E-state index in [2.05, 4.69) is 31.2 Å². The van der Waals surface area contributed by atoms with Gasteiger partial charge in [0, 0.05) is 19.6 Å². The molecule has 0 bridgehead atoms. The smallest absolute Gasteiger partial charge is 0.267 e. The van der Waals surface area contributed by atoms with Gasteiger partial charge in [-0.15, -0.1) is 0 Å². The first-order chi connectivity index (χ1) is 8.03. The van der Waals surface area contributed by atoms with E-state index in [-0.39, 0.29) is 11.7 Å². The zero-order valence-electron chi connectivity index (χ0n) is 9.36. The van der Waals surface area contributed by atoms with Crippen molar-refractivity contribution in [1.82, 2.24) is 9.97 Å². The molecule has 3 N–H and O–H groups in total. The lowest BCUT2D eigenvalue weighted by Crippen LogP contribution is -2.43. The Balaban J connectivity index is 2.07. The Bertz CT molecular complexity index is 464. The van der Waals surface area contributed by atoms with E-state index >= 15 is 0 Å². The summed E-state index contributed by atoms with van der Waals surface area (Å²) in [6, 6.07) is 0. The van der Waals surface area contributed by atoms with Crippen molar-refractivity contribution in [3.8, 4) is 0 Å². The number of H-pyrrole nitrogens is 1. The molecule has 1 aromatic rings. The summed E-state index contributed by atoms with van der Waals surface area (Å²) in [5, 5.41) is 13.2. The second kappa shape index (κ2) is 4.75. The van der Waals surface area contributed by atoms with Crippen molar-refractivity contribution in [1.29, 1.82) is 0 Å². The number of ether oxygens (including phenoxy) is 1. The Morgan fingerprint density at radius 2 is 2.59 bits per heavy atom. The number of rotatable bonds is 3. The molecule has 94 valence electrons. The van der Waals surface area contributed by atoms with Crippen LogP contribution in [0.4, 0.5) is 5.82 Å². The van der Waals surface area contributed by atoms with Gasteiger partial charge in [0.1, 0.15) is 15.9 Å². The fraction of sp³-hybridized carbons (Fsp3) is 0.600. The number of aromatic amines is 1. The van der Waals surface area contributed by atoms with Crippen LogP contribution in [-0.4, -0.2) is 39.9 Å². The van der Waals surface area contributed by atoms with Crippen LogP contribution in [0, 0.1) is 0 Å². The third-order valence-corrected chi connectivity index (χ3v) is 3.75. The molecule has 2 heterocycles. The highest BCUT2D eigenvalue weighted by Crippen LogP contribution is 2.26. The van der Waals surface area contributed by atoms with Gasteiger partial charge in [0.25, 0.3) is 5.56 Å². The van der Waals surface area contributed by atoms with Crippen LogP contribution in [0.25, 0.3) is 0 Å². The molecule has 1 aromatic heterocycles. The minimum Gasteiger partial charge on any atom is -0.385 e. The highest BCUT2D eigenvalue weighted by molar-refractivity contribution is 9.10. The van der Waals surface area contributed by atoms with Gasteiger partial charge in [-0.05, 0) is 22.9 Å². The molecule has 0 aromatic carbocycles. The van der Waals surface area contributed by atoms with Gasteiger partial charge in [-0.2, -0.15) is 0 Å². The van der Waals surface area contributed by atoms with Crippen LogP contribution in [0.5, 0.6) is 0 Å². The molecule has 2 atom stereocenters. The summed E-state index contributed by atoms with van der Waals surface area (Å²) in [6.07, 6.45) is 1.66. The van der Waals surface area contributed by atoms with Crippen LogP contribution in [0.3, 0.4) is 0 Å². The van der Waals surface area contributed by atoms with Crippen molar-refractivity contribution in [3.05, 3.63) is 21.2 Å². The number of aliphatic hydroxyl groups is 1. The van der Waals surface area contributed by atoms with Gasteiger partial charge in [0.05, 0.1) is 12.4 Å². The SMILES string of the molecule is CC1OCCC1(O)CNc1nc[nH]c(=O)c1Br. The minimum atomic E-state index is -0.913. The molecule has 1 aliphatic heterocycles. The molecule has 7 heteroatoms. The Labute approximate surface area is 107 Å². The predicted octanol–water partition coefficient (Wildman–Crippen LogP) is 0.484. The monoisotopic (exact) mass is 303 g/mol. The van der Waals surface area contributed by atoms with E-state index in [0.29, 0.717) is 29.9 Å². The zero-order valence-corrected chi connectivity index (χ0v) is 11.0. The maximum absolute atomic E-state index is 11.3. The first kappa shape index (κ1) is 12.5. The number of hydrogen-bond acceptors (Lipinski definition) is 5. The summed E-state index contributed by atoms with van der Waals surface area (Å²) in [5.74, 6) is 0.418. The van der Waals surface area contributed by atoms with E-state index in [1.807, 2.05) is 6.92 Å². The normalized spacial score (nSPS) is 28.3. The molecule has 2 unspecified atom stereocenters. The fourth-order valence-electron chi connectivity index (χ4n) is 1.75. The van der Waals surface area contributed by atoms with Gasteiger partial charge in [-0.1, -0.05) is 0 Å². The van der Waals surface area contributed by atoms with Crippen molar-refractivity contribution < 1.29 is 9.84 Å². The summed E-state index contributed by atoms with van der Waals surface area (Å²) in [4.78, 5) is 17.7. The van der Waals surface area contributed by atoms with Crippen molar-refractivity contribution in [2.75, 3.05) is 18.5 Å². The number of nitrogens with one attached hydrogen (secondary N) is 2. The van der Waals surface area contributed by atoms with Crippen LogP contribution in [0.15, 0.2) is 15.6 Å². The molecule has 2 rings (SSSR count). The highest BCUT2D eigenvalue weighted by atomic mass is 79.9. The van der Waals surface area contributed by atoms with E-state index in [0.717, 1.165) is 0 Å². The average molecular weight is 304 g/mol. The van der Waals surface area contributed by atoms with Gasteiger partial charge in [0.15, 0.2) is 0 Å². The standard InChI is InChI=1S/C10H14BrN3O3/c1-6-10(16,2-3-17-6)4-12-8-7(11)9(15)14-5-13-8/h5-6,16H,2-4H2,1H3,(H2,12,13,14,15). The maximum Gasteiger partial charge on any atom is 0.267 e. The van der Waals surface area contributed by atoms with E-state index in [9.17, 15) is 9.90 Å². The minimum absolute atomic E-state index is 0.226. The van der Waals surface area contributed by atoms with Gasteiger partial charge in [-0.3, -0.25) is 4.79 Å². The number of hydrogen-bond donors (Lipinski definition) is 3. The molecule has 0 saturated carbocycles. The van der Waals surface area contributed by atoms with Crippen molar-refractivity contribution in [2.45, 2.75) is 25.0 Å². The van der Waals surface area contributed by atoms with Crippen LogP contribution >= 0.6 is 15.9 Å². The fourth-order valence-corrected chi connectivity index (χ4v) is 2.10. The topological polar surface area (TPSA) is 87.2 Å². The molecule has 1 fully saturated rings. The van der Waals surface area contributed by atoms with E-state index in [1.165, 1.54) is 6.33 Å². The van der Waals surface area contributed by atoms with Gasteiger partial charge >= 0.3 is 0 Å². The molecule has 0 amide bonds. The maximum atomic E-state index is 11.3. The first-order valence-electron chi connectivity index (χ1n) is 5.34. The molecule has 0 spiro atoms. The third-order valence-electron chi connectivity index (χ3n) is 3.02. The largest absolute Gasteiger partial charge is 0.385 e. The lowest BCUT2D eigenvalue weighted by atomic mass is 9.97. The number of nitrogens with zero attached hydrogens (tertiary/aromatic N) is 1. The molecular formula is C10H14BrN3O3. The molecule has 6 nitrogen and oxygen atoms in total. The Morgan fingerprint density at radius 3 is 3.24 bits per heavy atom. The van der Waals surface area contributed by atoms with E-state index in [1.54, 1.807) is 0 Å². The van der Waals surface area contributed by atoms with Gasteiger partial charge < -0.3 is 20.1 Å². The van der Waals surface area contributed by atoms with Crippen molar-refractivity contribution in [3.63, 3.8) is 0 Å². The van der Waals surface area contributed by atoms with Gasteiger partial charge in [-0.25, -0.2) is 4.98 Å². The zero-order chi connectivity index (χ0) is 12.5. The molecule has 0 radical (unpaired) electrons. The molecule has 1 aliphatic rings. The summed E-state index contributed by atoms with van der Waals surface area (Å²) in [5.41, 5.74) is -1.17. The third kappa shape index (κ3) is 2.51. The highest BCUT2D eigenvalue weighted by Gasteiger charge is 2.39. The molecular weight excluding hydrogens is 290 g/mol. The van der Waals surface area contributed by atoms with Gasteiger partial charge in [0.2, 0.25) is 0 Å². The second-order valence-electron chi connectivity index (χ2n) is 4.11. The lowest BCUT2D eigenvalue weighted by Gasteiger charge is -2.26. The van der Waals surface area contributed by atoms with E-state index in [4.69, 9.17) is 4.74 Å². The lowest BCUT2D eigenvalue weighted by molar-refractivity contribution is -0.0176. The number of anilines is 1. The Hall–Kier alpha value is -0.920. The van der Waals surface area contributed by atoms with Crippen LogP contribution < -0.4 is 10.9 Å². The summed E-state index contributed by atoms with van der Waals surface area (Å²) in [6.45, 7) is 2.67. The quantitative estimate of drug-likeness (QED) is 0.756. The molecule has 0 aliphatic carbocycles. The van der Waals surface area contributed by atoms with Crippen LogP contribution in [0.1, 0.15) is 13.3 Å². The predicted molar refractivity (Wildman–Crippen MR) is 66.0 cm³/mol. The summed E-state index contributed by atoms with van der Waals surface area (Å²) >= 11 is 3.14. The van der Waals surface area contributed by atoms with Crippen LogP contribution in [0.2, 0.25) is 0 Å². The molecule has 17 heavy (non-hydrogen) atoms. The average Bonchev–Trinajstić information content (AvgIpc) is 2.62. The number of halogens is 1. The van der Waals surface area contributed by atoms with Crippen molar-refractivity contribution >= 4 is 21.7 Å². The van der Waals surface area contributed by atoms with E-state index < -0.39 is 5.60 Å². The Kier molecular flexibility index (Phi) is 3.50. The Morgan fingerprint density at radius 1 is 1.82 bits per heavy atom. The summed E-state index contributed by atoms with van der Waals surface area (Å²) in [7, 11) is 0. The second-order valence-corrected chi connectivity index (χ2v) is 4.91. The summed E-state index contributed by atoms with van der Waals surface area (Å²) < 4.78 is 5.65. The molecule has 1 saturated heterocycles. The van der Waals surface area contributed by atoms with Crippen molar-refractivity contribution in [2.24, 2.45) is 0 Å².